The summed E-state index contributed by atoms with van der Waals surface area (Å²) >= 11 is 1.72. The minimum atomic E-state index is 0.881. The number of pyridine rings is 1. The van der Waals surface area contributed by atoms with Crippen LogP contribution in [-0.4, -0.2) is 14.6 Å². The van der Waals surface area contributed by atoms with Gasteiger partial charge in [-0.15, -0.1) is 21.5 Å². The van der Waals surface area contributed by atoms with E-state index in [1.165, 1.54) is 28.8 Å². The Morgan fingerprint density at radius 2 is 2.10 bits per heavy atom. The molecule has 3 aromatic rings. The third kappa shape index (κ3) is 1.66. The second-order valence-electron chi connectivity index (χ2n) is 5.41. The van der Waals surface area contributed by atoms with Crippen LogP contribution in [0.15, 0.2) is 18.3 Å². The van der Waals surface area contributed by atoms with Gasteiger partial charge in [0.25, 0.3) is 0 Å². The number of thiophene rings is 1. The molecule has 0 saturated heterocycles. The molecule has 3 aromatic heterocycles. The number of nitrogens with two attached hydrogens (primary N) is 1. The molecule has 0 saturated carbocycles. The average molecular weight is 284 g/mol. The third-order valence-electron chi connectivity index (χ3n) is 3.99. The fourth-order valence-corrected chi connectivity index (χ4v) is 4.15. The number of aromatic nitrogens is 3. The largest absolute Gasteiger partial charge is 0.390 e. The van der Waals surface area contributed by atoms with Crippen LogP contribution in [-0.2, 0) is 12.8 Å². The number of hydrogen-bond donors (Lipinski definition) is 1. The van der Waals surface area contributed by atoms with Crippen molar-refractivity contribution in [3.05, 3.63) is 34.3 Å². The summed E-state index contributed by atoms with van der Waals surface area (Å²) in [6, 6.07) is 4.13. The van der Waals surface area contributed by atoms with Crippen molar-refractivity contribution in [3.8, 4) is 11.4 Å². The monoisotopic (exact) mass is 284 g/mol. The second kappa shape index (κ2) is 4.31. The van der Waals surface area contributed by atoms with Crippen molar-refractivity contribution >= 4 is 22.0 Å². The van der Waals surface area contributed by atoms with Gasteiger partial charge < -0.3 is 5.73 Å². The lowest BCUT2D eigenvalue weighted by Gasteiger charge is -2.12. The third-order valence-corrected chi connectivity index (χ3v) is 5.11. The molecule has 0 spiro atoms. The number of rotatable bonds is 1. The summed E-state index contributed by atoms with van der Waals surface area (Å²) in [7, 11) is 0. The number of fused-ring (bicyclic) bond motifs is 2. The Bertz CT molecular complexity index is 800. The van der Waals surface area contributed by atoms with Gasteiger partial charge in [0.15, 0.2) is 11.5 Å². The van der Waals surface area contributed by atoms with Gasteiger partial charge in [-0.25, -0.2) is 0 Å². The summed E-state index contributed by atoms with van der Waals surface area (Å²) in [5.74, 6) is 0.886. The predicted molar refractivity (Wildman–Crippen MR) is 82.1 cm³/mol. The Hall–Kier alpha value is -1.88. The number of anilines is 1. The molecule has 20 heavy (non-hydrogen) atoms. The highest BCUT2D eigenvalue weighted by Gasteiger charge is 2.23. The lowest BCUT2D eigenvalue weighted by molar-refractivity contribution is 0.697. The quantitative estimate of drug-likeness (QED) is 0.746. The van der Waals surface area contributed by atoms with Crippen LogP contribution < -0.4 is 5.73 Å². The van der Waals surface area contributed by atoms with E-state index >= 15 is 0 Å². The smallest absolute Gasteiger partial charge is 0.171 e. The van der Waals surface area contributed by atoms with E-state index in [1.807, 2.05) is 16.7 Å². The molecule has 1 aliphatic rings. The van der Waals surface area contributed by atoms with E-state index in [9.17, 15) is 0 Å². The molecule has 102 valence electrons. The van der Waals surface area contributed by atoms with Crippen LogP contribution in [0.5, 0.6) is 0 Å². The highest BCUT2D eigenvalue weighted by Crippen LogP contribution is 2.41. The van der Waals surface area contributed by atoms with E-state index in [-0.39, 0.29) is 0 Å². The number of nitrogen functional groups attached to an aromatic ring is 1. The molecule has 4 rings (SSSR count). The first-order valence-electron chi connectivity index (χ1n) is 6.96. The van der Waals surface area contributed by atoms with Gasteiger partial charge in [0.05, 0.1) is 10.6 Å². The van der Waals surface area contributed by atoms with Gasteiger partial charge >= 0.3 is 0 Å². The van der Waals surface area contributed by atoms with Crippen molar-refractivity contribution in [2.45, 2.75) is 32.6 Å². The summed E-state index contributed by atoms with van der Waals surface area (Å²) < 4.78 is 2.04. The molecule has 0 aromatic carbocycles. The Labute approximate surface area is 121 Å². The van der Waals surface area contributed by atoms with E-state index in [1.54, 1.807) is 11.3 Å². The molecule has 0 aliphatic heterocycles. The lowest BCUT2D eigenvalue weighted by atomic mass is 9.95. The van der Waals surface area contributed by atoms with E-state index < -0.39 is 0 Å². The molecule has 3 heterocycles. The Kier molecular flexibility index (Phi) is 2.57. The number of aryl methyl sites for hydroxylation is 2. The summed E-state index contributed by atoms with van der Waals surface area (Å²) in [4.78, 5) is 1.44. The first-order chi connectivity index (χ1) is 9.74. The summed E-state index contributed by atoms with van der Waals surface area (Å²) in [6.07, 6.45) is 6.81. The van der Waals surface area contributed by atoms with Crippen molar-refractivity contribution in [2.75, 3.05) is 5.73 Å². The first kappa shape index (κ1) is 11.9. The maximum absolute atomic E-state index is 6.27. The van der Waals surface area contributed by atoms with E-state index in [2.05, 4.69) is 23.2 Å². The van der Waals surface area contributed by atoms with Crippen LogP contribution in [0.2, 0.25) is 0 Å². The molecule has 5 heteroatoms. The Morgan fingerprint density at radius 3 is 3.00 bits per heavy atom. The molecular weight excluding hydrogens is 268 g/mol. The van der Waals surface area contributed by atoms with Gasteiger partial charge in [-0.05, 0) is 55.9 Å². The fourth-order valence-electron chi connectivity index (χ4n) is 3.00. The topological polar surface area (TPSA) is 56.2 Å². The number of hydrogen-bond acceptors (Lipinski definition) is 4. The maximum atomic E-state index is 6.27. The molecule has 0 radical (unpaired) electrons. The van der Waals surface area contributed by atoms with E-state index in [0.29, 0.717) is 0 Å². The minimum absolute atomic E-state index is 0.881. The van der Waals surface area contributed by atoms with Gasteiger partial charge in [-0.1, -0.05) is 0 Å². The van der Waals surface area contributed by atoms with Crippen molar-refractivity contribution in [1.29, 1.82) is 0 Å². The van der Waals surface area contributed by atoms with Crippen molar-refractivity contribution in [2.24, 2.45) is 0 Å². The standard InChI is InChI=1S/C15H16N4S/c1-9-6-7-19-12(8-9)17-18-15(19)13-10-4-2-3-5-11(10)20-14(13)16/h6-8H,2-5,16H2,1H3. The van der Waals surface area contributed by atoms with Crippen LogP contribution in [0.4, 0.5) is 5.00 Å². The highest BCUT2D eigenvalue weighted by molar-refractivity contribution is 7.16. The fraction of sp³-hybridized carbons (Fsp3) is 0.333. The Balaban J connectivity index is 1.97. The van der Waals surface area contributed by atoms with Gasteiger partial charge in [0.1, 0.15) is 0 Å². The molecule has 4 nitrogen and oxygen atoms in total. The van der Waals surface area contributed by atoms with E-state index in [4.69, 9.17) is 5.73 Å². The second-order valence-corrected chi connectivity index (χ2v) is 6.54. The van der Waals surface area contributed by atoms with E-state index in [0.717, 1.165) is 34.9 Å². The van der Waals surface area contributed by atoms with Gasteiger partial charge in [0.2, 0.25) is 0 Å². The number of nitrogens with zero attached hydrogens (tertiary/aromatic N) is 3. The molecule has 0 unspecified atom stereocenters. The van der Waals surface area contributed by atoms with Gasteiger partial charge in [0, 0.05) is 11.1 Å². The SMILES string of the molecule is Cc1ccn2c(-c3c(N)sc4c3CCCC4)nnc2c1. The summed E-state index contributed by atoms with van der Waals surface area (Å²) in [5.41, 5.74) is 10.9. The van der Waals surface area contributed by atoms with Crippen LogP contribution in [0.1, 0.15) is 28.8 Å². The molecular formula is C15H16N4S. The van der Waals surface area contributed by atoms with Gasteiger partial charge in [-0.2, -0.15) is 0 Å². The predicted octanol–water partition coefficient (Wildman–Crippen LogP) is 3.23. The Morgan fingerprint density at radius 1 is 1.25 bits per heavy atom. The maximum Gasteiger partial charge on any atom is 0.171 e. The minimum Gasteiger partial charge on any atom is -0.390 e. The van der Waals surface area contributed by atoms with Crippen molar-refractivity contribution < 1.29 is 0 Å². The zero-order chi connectivity index (χ0) is 13.7. The zero-order valence-corrected chi connectivity index (χ0v) is 12.2. The zero-order valence-electron chi connectivity index (χ0n) is 11.4. The van der Waals surface area contributed by atoms with Gasteiger partial charge in [-0.3, -0.25) is 4.40 Å². The normalized spacial score (nSPS) is 14.7. The summed E-state index contributed by atoms with van der Waals surface area (Å²) in [6.45, 7) is 2.06. The van der Waals surface area contributed by atoms with Crippen LogP contribution in [0.3, 0.4) is 0 Å². The highest BCUT2D eigenvalue weighted by atomic mass is 32.1. The summed E-state index contributed by atoms with van der Waals surface area (Å²) in [5, 5.41) is 9.56. The molecule has 0 bridgehead atoms. The molecule has 2 N–H and O–H groups in total. The first-order valence-corrected chi connectivity index (χ1v) is 7.77. The lowest BCUT2D eigenvalue weighted by Crippen LogP contribution is -2.01. The van der Waals surface area contributed by atoms with Crippen molar-refractivity contribution in [1.82, 2.24) is 14.6 Å². The molecule has 1 aliphatic carbocycles. The van der Waals surface area contributed by atoms with Crippen LogP contribution in [0, 0.1) is 6.92 Å². The molecule has 0 fully saturated rings. The van der Waals surface area contributed by atoms with Crippen LogP contribution >= 0.6 is 11.3 Å². The molecule has 0 atom stereocenters. The van der Waals surface area contributed by atoms with Crippen LogP contribution in [0.25, 0.3) is 17.0 Å². The molecule has 0 amide bonds. The van der Waals surface area contributed by atoms with Crippen molar-refractivity contribution in [3.63, 3.8) is 0 Å². The average Bonchev–Trinajstić information content (AvgIpc) is 2.97.